The van der Waals surface area contributed by atoms with Crippen molar-refractivity contribution in [3.63, 3.8) is 0 Å². The summed E-state index contributed by atoms with van der Waals surface area (Å²) < 4.78 is 39.0. The summed E-state index contributed by atoms with van der Waals surface area (Å²) in [4.78, 5) is 9.33. The number of anilines is 1. The summed E-state index contributed by atoms with van der Waals surface area (Å²) in [7, 11) is 0. The van der Waals surface area contributed by atoms with Gasteiger partial charge < -0.3 is 15.2 Å². The first-order valence-electron chi connectivity index (χ1n) is 10.1. The van der Waals surface area contributed by atoms with E-state index in [1.165, 1.54) is 11.5 Å². The van der Waals surface area contributed by atoms with Crippen LogP contribution >= 0.6 is 0 Å². The van der Waals surface area contributed by atoms with E-state index in [2.05, 4.69) is 33.5 Å². The Labute approximate surface area is 167 Å². The van der Waals surface area contributed by atoms with Crippen LogP contribution in [0, 0.1) is 11.8 Å². The number of benzene rings is 1. The third-order valence-electron chi connectivity index (χ3n) is 6.35. The van der Waals surface area contributed by atoms with Gasteiger partial charge in [0.05, 0.1) is 0 Å². The number of aromatic amines is 1. The minimum Gasteiger partial charge on any atom is -0.357 e. The smallest absolute Gasteiger partial charge is 0.357 e. The molecule has 2 aromatic heterocycles. The van der Waals surface area contributed by atoms with Crippen molar-refractivity contribution in [1.82, 2.24) is 15.3 Å². The molecule has 152 valence electrons. The van der Waals surface area contributed by atoms with E-state index in [-0.39, 0.29) is 0 Å². The highest BCUT2D eigenvalue weighted by atomic mass is 19.4. The van der Waals surface area contributed by atoms with E-state index in [0.717, 1.165) is 49.8 Å². The molecule has 1 saturated heterocycles. The maximum absolute atomic E-state index is 13.0. The average molecular weight is 400 g/mol. The number of nitrogens with zero attached hydrogens (tertiary/aromatic N) is 2. The van der Waals surface area contributed by atoms with Crippen molar-refractivity contribution < 1.29 is 13.2 Å². The predicted octanol–water partition coefficient (Wildman–Crippen LogP) is 4.59. The molecule has 29 heavy (non-hydrogen) atoms. The van der Waals surface area contributed by atoms with Crippen molar-refractivity contribution in [2.75, 3.05) is 18.0 Å². The number of para-hydroxylation sites is 1. The van der Waals surface area contributed by atoms with E-state index >= 15 is 0 Å². The van der Waals surface area contributed by atoms with E-state index < -0.39 is 11.9 Å². The molecule has 1 aromatic carbocycles. The quantitative estimate of drug-likeness (QED) is 0.674. The zero-order chi connectivity index (χ0) is 20.0. The van der Waals surface area contributed by atoms with Crippen molar-refractivity contribution >= 4 is 16.7 Å². The van der Waals surface area contributed by atoms with Gasteiger partial charge in [-0.3, -0.25) is 0 Å². The Morgan fingerprint density at radius 3 is 2.76 bits per heavy atom. The molecule has 3 heterocycles. The zero-order valence-corrected chi connectivity index (χ0v) is 15.9. The Bertz CT molecular complexity index is 979. The van der Waals surface area contributed by atoms with Crippen molar-refractivity contribution in [1.29, 1.82) is 0 Å². The Morgan fingerprint density at radius 1 is 1.07 bits per heavy atom. The van der Waals surface area contributed by atoms with Crippen molar-refractivity contribution in [3.8, 4) is 0 Å². The highest BCUT2D eigenvalue weighted by molar-refractivity contribution is 5.80. The lowest BCUT2D eigenvalue weighted by Gasteiger charge is -2.23. The Hall–Kier alpha value is -2.54. The number of hydrogen-bond acceptors (Lipinski definition) is 3. The van der Waals surface area contributed by atoms with Crippen molar-refractivity contribution in [2.45, 2.75) is 31.6 Å². The van der Waals surface area contributed by atoms with Crippen molar-refractivity contribution in [2.24, 2.45) is 11.8 Å². The lowest BCUT2D eigenvalue weighted by atomic mass is 9.98. The lowest BCUT2D eigenvalue weighted by Crippen LogP contribution is -2.35. The van der Waals surface area contributed by atoms with Gasteiger partial charge in [0.2, 0.25) is 0 Å². The minimum absolute atomic E-state index is 0.377. The van der Waals surface area contributed by atoms with Gasteiger partial charge in [0.25, 0.3) is 0 Å². The molecule has 4 nitrogen and oxygen atoms in total. The largest absolute Gasteiger partial charge is 0.433 e. The second-order valence-corrected chi connectivity index (χ2v) is 8.15. The monoisotopic (exact) mass is 400 g/mol. The molecule has 1 aliphatic heterocycles. The fourth-order valence-electron chi connectivity index (χ4n) is 4.93. The van der Waals surface area contributed by atoms with Crippen LogP contribution in [0.1, 0.15) is 24.2 Å². The van der Waals surface area contributed by atoms with E-state index in [9.17, 15) is 13.2 Å². The first-order chi connectivity index (χ1) is 14.0. The fraction of sp³-hybridized carbons (Fsp3) is 0.409. The Balaban J connectivity index is 1.25. The normalized spacial score (nSPS) is 24.4. The second kappa shape index (κ2) is 7.06. The number of alkyl halides is 3. The number of fused-ring (bicyclic) bond motifs is 2. The molecule has 0 spiro atoms. The molecule has 0 bridgehead atoms. The van der Waals surface area contributed by atoms with Crippen LogP contribution in [0.2, 0.25) is 0 Å². The average Bonchev–Trinajstić information content (AvgIpc) is 3.39. The third kappa shape index (κ3) is 3.59. The van der Waals surface area contributed by atoms with Crippen LogP contribution in [-0.4, -0.2) is 29.1 Å². The molecule has 2 aliphatic rings. The summed E-state index contributed by atoms with van der Waals surface area (Å²) in [5.74, 6) is 1.38. The molecule has 2 N–H and O–H groups in total. The van der Waals surface area contributed by atoms with Gasteiger partial charge in [-0.15, -0.1) is 0 Å². The summed E-state index contributed by atoms with van der Waals surface area (Å²) in [6.45, 7) is 2.30. The Morgan fingerprint density at radius 2 is 1.93 bits per heavy atom. The topological polar surface area (TPSA) is 44.0 Å². The maximum Gasteiger partial charge on any atom is 0.433 e. The molecule has 7 heteroatoms. The molecule has 2 fully saturated rings. The van der Waals surface area contributed by atoms with Crippen LogP contribution in [0.5, 0.6) is 0 Å². The highest BCUT2D eigenvalue weighted by Gasteiger charge is 2.43. The fourth-order valence-corrected chi connectivity index (χ4v) is 4.93. The number of nitrogens with one attached hydrogen (secondary N) is 2. The SMILES string of the molecule is FC(F)(F)c1cccc(N2CC3CCC(NCc4cc5ccccc5[nH]4)C3C2)n1. The molecule has 3 atom stereocenters. The molecule has 3 unspecified atom stereocenters. The number of aromatic nitrogens is 2. The lowest BCUT2D eigenvalue weighted by molar-refractivity contribution is -0.141. The number of pyridine rings is 1. The first kappa shape index (κ1) is 18.5. The van der Waals surface area contributed by atoms with Crippen LogP contribution in [0.3, 0.4) is 0 Å². The van der Waals surface area contributed by atoms with Gasteiger partial charge in [0, 0.05) is 36.9 Å². The summed E-state index contributed by atoms with van der Waals surface area (Å²) >= 11 is 0. The summed E-state index contributed by atoms with van der Waals surface area (Å²) in [5.41, 5.74) is 1.47. The van der Waals surface area contributed by atoms with Gasteiger partial charge in [-0.1, -0.05) is 24.3 Å². The molecule has 0 radical (unpaired) electrons. The molecule has 5 rings (SSSR count). The van der Waals surface area contributed by atoms with E-state index in [1.807, 2.05) is 17.0 Å². The molecule has 3 aromatic rings. The van der Waals surface area contributed by atoms with E-state index in [0.29, 0.717) is 23.7 Å². The summed E-state index contributed by atoms with van der Waals surface area (Å²) in [5, 5.41) is 4.88. The molecular weight excluding hydrogens is 377 g/mol. The van der Waals surface area contributed by atoms with Crippen LogP contribution in [0.15, 0.2) is 48.5 Å². The highest BCUT2D eigenvalue weighted by Crippen LogP contribution is 2.40. The number of halogens is 3. The van der Waals surface area contributed by atoms with Gasteiger partial charge in [0.1, 0.15) is 11.5 Å². The van der Waals surface area contributed by atoms with Crippen LogP contribution < -0.4 is 10.2 Å². The van der Waals surface area contributed by atoms with Crippen molar-refractivity contribution in [3.05, 3.63) is 59.9 Å². The summed E-state index contributed by atoms with van der Waals surface area (Å²) in [6, 6.07) is 14.9. The molecular formula is C22H23F3N4. The van der Waals surface area contributed by atoms with Gasteiger partial charge in [-0.05, 0) is 54.3 Å². The second-order valence-electron chi connectivity index (χ2n) is 8.15. The molecule has 1 saturated carbocycles. The number of H-pyrrole nitrogens is 1. The van der Waals surface area contributed by atoms with Crippen LogP contribution in [-0.2, 0) is 12.7 Å². The summed E-state index contributed by atoms with van der Waals surface area (Å²) in [6.07, 6.45) is -2.20. The van der Waals surface area contributed by atoms with Gasteiger partial charge >= 0.3 is 6.18 Å². The standard InChI is InChI=1S/C22H23F3N4/c23-22(24,25)20-6-3-7-21(28-20)29-12-15-8-9-19(17(15)13-29)26-11-16-10-14-4-1-2-5-18(14)27-16/h1-7,10,15,17,19,26-27H,8-9,11-13H2. The van der Waals surface area contributed by atoms with Gasteiger partial charge in [0.15, 0.2) is 0 Å². The van der Waals surface area contributed by atoms with Gasteiger partial charge in [-0.25, -0.2) is 4.98 Å². The Kier molecular flexibility index (Phi) is 4.50. The van der Waals surface area contributed by atoms with Crippen LogP contribution in [0.4, 0.5) is 19.0 Å². The van der Waals surface area contributed by atoms with E-state index in [1.54, 1.807) is 6.07 Å². The number of rotatable bonds is 4. The first-order valence-corrected chi connectivity index (χ1v) is 10.1. The maximum atomic E-state index is 13.0. The minimum atomic E-state index is -4.41. The molecule has 0 amide bonds. The number of hydrogen-bond donors (Lipinski definition) is 2. The van der Waals surface area contributed by atoms with Gasteiger partial charge in [-0.2, -0.15) is 13.2 Å². The third-order valence-corrected chi connectivity index (χ3v) is 6.35. The molecule has 1 aliphatic carbocycles. The van der Waals surface area contributed by atoms with Crippen LogP contribution in [0.25, 0.3) is 10.9 Å². The zero-order valence-electron chi connectivity index (χ0n) is 15.9. The predicted molar refractivity (Wildman–Crippen MR) is 107 cm³/mol. The van der Waals surface area contributed by atoms with E-state index in [4.69, 9.17) is 0 Å².